The molecule has 0 aliphatic heterocycles. The van der Waals surface area contributed by atoms with Crippen molar-refractivity contribution in [1.29, 1.82) is 0 Å². The van der Waals surface area contributed by atoms with Crippen molar-refractivity contribution in [2.24, 2.45) is 0 Å². The number of rotatable bonds is 6. The topological polar surface area (TPSA) is 40.5 Å². The van der Waals surface area contributed by atoms with E-state index in [-0.39, 0.29) is 12.5 Å². The Bertz CT molecular complexity index is 124. The first-order valence-electron chi connectivity index (χ1n) is 4.25. The van der Waals surface area contributed by atoms with Crippen molar-refractivity contribution in [3.63, 3.8) is 0 Å². The van der Waals surface area contributed by atoms with Crippen molar-refractivity contribution >= 4 is 18.5 Å². The van der Waals surface area contributed by atoms with Crippen LogP contribution in [0.1, 0.15) is 19.8 Å². The van der Waals surface area contributed by atoms with Gasteiger partial charge in [0.15, 0.2) is 0 Å². The van der Waals surface area contributed by atoms with Gasteiger partial charge in [-0.3, -0.25) is 4.79 Å². The fraction of sp³-hybridized carbons (Fsp3) is 0.875. The molecule has 0 atom stereocenters. The zero-order valence-corrected chi connectivity index (χ0v) is 8.39. The Hall–Kier alpha value is -0.220. The first-order valence-corrected chi connectivity index (χ1v) is 4.89. The maximum Gasteiger partial charge on any atom is 0.223 e. The molecule has 0 rings (SSSR count). The van der Waals surface area contributed by atoms with Gasteiger partial charge in [0.2, 0.25) is 5.91 Å². The Morgan fingerprint density at radius 1 is 1.50 bits per heavy atom. The summed E-state index contributed by atoms with van der Waals surface area (Å²) < 4.78 is 0. The maximum absolute atomic E-state index is 11.3. The fourth-order valence-electron chi connectivity index (χ4n) is 1.01. The zero-order valence-electron chi connectivity index (χ0n) is 7.49. The van der Waals surface area contributed by atoms with E-state index in [4.69, 9.17) is 5.11 Å². The highest BCUT2D eigenvalue weighted by Gasteiger charge is 2.09. The smallest absolute Gasteiger partial charge is 0.223 e. The Morgan fingerprint density at radius 2 is 2.17 bits per heavy atom. The van der Waals surface area contributed by atoms with Crippen molar-refractivity contribution in [3.05, 3.63) is 0 Å². The van der Waals surface area contributed by atoms with Gasteiger partial charge in [0.25, 0.3) is 0 Å². The Balaban J connectivity index is 3.81. The van der Waals surface area contributed by atoms with Crippen LogP contribution in [0.3, 0.4) is 0 Å². The van der Waals surface area contributed by atoms with E-state index in [1.165, 1.54) is 0 Å². The van der Waals surface area contributed by atoms with Gasteiger partial charge in [-0.2, -0.15) is 12.6 Å². The lowest BCUT2D eigenvalue weighted by Crippen LogP contribution is -2.34. The average Bonchev–Trinajstić information content (AvgIpc) is 2.04. The third-order valence-corrected chi connectivity index (χ3v) is 1.77. The summed E-state index contributed by atoms with van der Waals surface area (Å²) in [5.74, 6) is 0.658. The Morgan fingerprint density at radius 3 is 2.58 bits per heavy atom. The summed E-state index contributed by atoms with van der Waals surface area (Å²) in [4.78, 5) is 13.0. The molecule has 0 aromatic carbocycles. The Kier molecular flexibility index (Phi) is 7.29. The fourth-order valence-corrected chi connectivity index (χ4v) is 1.20. The summed E-state index contributed by atoms with van der Waals surface area (Å²) in [6.45, 7) is 3.23. The minimum atomic E-state index is 0.0400. The van der Waals surface area contributed by atoms with E-state index in [0.29, 0.717) is 18.7 Å². The van der Waals surface area contributed by atoms with E-state index in [2.05, 4.69) is 12.6 Å². The third kappa shape index (κ3) is 4.62. The number of aliphatic hydroxyl groups excluding tert-OH is 1. The van der Waals surface area contributed by atoms with E-state index in [9.17, 15) is 4.79 Å². The van der Waals surface area contributed by atoms with Crippen LogP contribution in [-0.4, -0.2) is 41.4 Å². The highest BCUT2D eigenvalue weighted by atomic mass is 32.1. The molecule has 72 valence electrons. The van der Waals surface area contributed by atoms with E-state index in [1.54, 1.807) is 4.90 Å². The number of carbonyl (C=O) groups is 1. The van der Waals surface area contributed by atoms with Crippen LogP contribution in [0.5, 0.6) is 0 Å². The highest BCUT2D eigenvalue weighted by molar-refractivity contribution is 7.80. The number of hydrogen-bond acceptors (Lipinski definition) is 3. The van der Waals surface area contributed by atoms with Gasteiger partial charge in [-0.05, 0) is 12.2 Å². The SMILES string of the molecule is CCCN(CCO)C(=O)CCS. The molecule has 3 nitrogen and oxygen atoms in total. The maximum atomic E-state index is 11.3. The number of amides is 1. The molecule has 0 saturated carbocycles. The van der Waals surface area contributed by atoms with Crippen LogP contribution in [0.15, 0.2) is 0 Å². The molecule has 0 radical (unpaired) electrons. The first-order chi connectivity index (χ1) is 5.76. The van der Waals surface area contributed by atoms with E-state index in [0.717, 1.165) is 13.0 Å². The lowest BCUT2D eigenvalue weighted by Gasteiger charge is -2.20. The number of nitrogens with zero attached hydrogens (tertiary/aromatic N) is 1. The average molecular weight is 191 g/mol. The van der Waals surface area contributed by atoms with Crippen LogP contribution in [-0.2, 0) is 4.79 Å². The summed E-state index contributed by atoms with van der Waals surface area (Å²) >= 11 is 3.98. The molecule has 0 fully saturated rings. The molecule has 0 aromatic rings. The van der Waals surface area contributed by atoms with Crippen LogP contribution in [0.25, 0.3) is 0 Å². The molecule has 12 heavy (non-hydrogen) atoms. The van der Waals surface area contributed by atoms with Gasteiger partial charge in [0, 0.05) is 19.5 Å². The number of thiol groups is 1. The van der Waals surface area contributed by atoms with Gasteiger partial charge in [-0.1, -0.05) is 6.92 Å². The minimum Gasteiger partial charge on any atom is -0.395 e. The first kappa shape index (κ1) is 11.8. The summed E-state index contributed by atoms with van der Waals surface area (Å²) in [5, 5.41) is 8.67. The van der Waals surface area contributed by atoms with Gasteiger partial charge >= 0.3 is 0 Å². The molecule has 0 aromatic heterocycles. The molecular weight excluding hydrogens is 174 g/mol. The van der Waals surface area contributed by atoms with Gasteiger partial charge in [-0.15, -0.1) is 0 Å². The monoisotopic (exact) mass is 191 g/mol. The highest BCUT2D eigenvalue weighted by Crippen LogP contribution is 1.97. The molecule has 0 spiro atoms. The second-order valence-electron chi connectivity index (χ2n) is 2.58. The van der Waals surface area contributed by atoms with Crippen LogP contribution >= 0.6 is 12.6 Å². The molecule has 1 amide bonds. The lowest BCUT2D eigenvalue weighted by atomic mass is 10.3. The number of hydrogen-bond donors (Lipinski definition) is 2. The largest absolute Gasteiger partial charge is 0.395 e. The van der Waals surface area contributed by atoms with Gasteiger partial charge in [0.05, 0.1) is 6.61 Å². The normalized spacial score (nSPS) is 9.92. The molecule has 4 heteroatoms. The van der Waals surface area contributed by atoms with Gasteiger partial charge < -0.3 is 10.0 Å². The van der Waals surface area contributed by atoms with Crippen LogP contribution in [0, 0.1) is 0 Å². The lowest BCUT2D eigenvalue weighted by molar-refractivity contribution is -0.131. The summed E-state index contributed by atoms with van der Waals surface area (Å²) in [7, 11) is 0. The van der Waals surface area contributed by atoms with Crippen molar-refractivity contribution in [1.82, 2.24) is 4.90 Å². The summed E-state index contributed by atoms with van der Waals surface area (Å²) in [5.41, 5.74) is 0. The van der Waals surface area contributed by atoms with Gasteiger partial charge in [-0.25, -0.2) is 0 Å². The van der Waals surface area contributed by atoms with E-state index >= 15 is 0 Å². The quantitative estimate of drug-likeness (QED) is 0.602. The van der Waals surface area contributed by atoms with E-state index in [1.807, 2.05) is 6.92 Å². The van der Waals surface area contributed by atoms with E-state index < -0.39 is 0 Å². The molecule has 0 bridgehead atoms. The van der Waals surface area contributed by atoms with Crippen molar-refractivity contribution in [2.75, 3.05) is 25.4 Å². The van der Waals surface area contributed by atoms with Gasteiger partial charge in [0.1, 0.15) is 0 Å². The standard InChI is InChI=1S/C8H17NO2S/c1-2-4-9(5-6-10)8(11)3-7-12/h10,12H,2-7H2,1H3. The number of aliphatic hydroxyl groups is 1. The summed E-state index contributed by atoms with van der Waals surface area (Å²) in [6.07, 6.45) is 1.39. The molecule has 0 aliphatic carbocycles. The summed E-state index contributed by atoms with van der Waals surface area (Å²) in [6, 6.07) is 0. The second-order valence-corrected chi connectivity index (χ2v) is 3.03. The third-order valence-electron chi connectivity index (χ3n) is 1.54. The number of carbonyl (C=O) groups excluding carboxylic acids is 1. The minimum absolute atomic E-state index is 0.0400. The zero-order chi connectivity index (χ0) is 9.40. The Labute approximate surface area is 79.2 Å². The second kappa shape index (κ2) is 7.43. The molecule has 0 heterocycles. The molecule has 0 saturated heterocycles. The van der Waals surface area contributed by atoms with Crippen molar-refractivity contribution in [3.8, 4) is 0 Å². The predicted octanol–water partition coefficient (Wildman–Crippen LogP) is 0.537. The molecule has 1 N–H and O–H groups in total. The van der Waals surface area contributed by atoms with Crippen molar-refractivity contribution < 1.29 is 9.90 Å². The van der Waals surface area contributed by atoms with Crippen molar-refractivity contribution in [2.45, 2.75) is 19.8 Å². The molecule has 0 unspecified atom stereocenters. The molecular formula is C8H17NO2S. The van der Waals surface area contributed by atoms with Crippen LogP contribution < -0.4 is 0 Å². The van der Waals surface area contributed by atoms with Crippen LogP contribution in [0.2, 0.25) is 0 Å². The van der Waals surface area contributed by atoms with Crippen LogP contribution in [0.4, 0.5) is 0 Å². The predicted molar refractivity (Wildman–Crippen MR) is 52.4 cm³/mol. The molecule has 0 aliphatic rings.